The van der Waals surface area contributed by atoms with Crippen molar-refractivity contribution >= 4 is 36.2 Å². The summed E-state index contributed by atoms with van der Waals surface area (Å²) in [6.45, 7) is 11.6. The molecule has 0 aromatic heterocycles. The molecular formula is C29H41N3O4S. The Hall–Kier alpha value is -3.00. The Balaban J connectivity index is 2.47. The highest BCUT2D eigenvalue weighted by molar-refractivity contribution is 7.80. The van der Waals surface area contributed by atoms with Gasteiger partial charge in [-0.2, -0.15) is 12.6 Å². The van der Waals surface area contributed by atoms with E-state index in [2.05, 4.69) is 30.2 Å². The molecule has 0 heterocycles. The van der Waals surface area contributed by atoms with Crippen molar-refractivity contribution in [2.45, 2.75) is 78.5 Å². The van der Waals surface area contributed by atoms with Gasteiger partial charge in [0.25, 0.3) is 5.91 Å². The van der Waals surface area contributed by atoms with Crippen LogP contribution in [0.15, 0.2) is 48.5 Å². The molecule has 2 aromatic rings. The number of amides is 3. The zero-order valence-electron chi connectivity index (χ0n) is 22.8. The van der Waals surface area contributed by atoms with Crippen LogP contribution in [0.1, 0.15) is 69.7 Å². The SMILES string of the molecule is CCCCCN(C(=O)C(CS)NC(=O)OC(C)(C)C)C(C(=O)Nc1ccccc1C)c1ccc(C)cc1. The quantitative estimate of drug-likeness (QED) is 0.254. The average Bonchev–Trinajstić information content (AvgIpc) is 2.83. The number of benzene rings is 2. The predicted molar refractivity (Wildman–Crippen MR) is 152 cm³/mol. The summed E-state index contributed by atoms with van der Waals surface area (Å²) in [6, 6.07) is 13.2. The molecule has 0 spiro atoms. The Bertz CT molecular complexity index is 1050. The number of nitrogens with zero attached hydrogens (tertiary/aromatic N) is 1. The summed E-state index contributed by atoms with van der Waals surface area (Å²) in [5.74, 6) is -0.650. The van der Waals surface area contributed by atoms with Gasteiger partial charge in [0, 0.05) is 18.0 Å². The first-order valence-electron chi connectivity index (χ1n) is 12.8. The van der Waals surface area contributed by atoms with E-state index < -0.39 is 23.8 Å². The predicted octanol–water partition coefficient (Wildman–Crippen LogP) is 5.83. The Kier molecular flexibility index (Phi) is 11.5. The molecule has 0 saturated heterocycles. The fourth-order valence-electron chi connectivity index (χ4n) is 3.87. The van der Waals surface area contributed by atoms with Crippen LogP contribution in [0.3, 0.4) is 0 Å². The first kappa shape index (κ1) is 30.2. The van der Waals surface area contributed by atoms with Crippen molar-refractivity contribution in [2.24, 2.45) is 0 Å². The van der Waals surface area contributed by atoms with Crippen LogP contribution in [-0.4, -0.2) is 46.7 Å². The van der Waals surface area contributed by atoms with Gasteiger partial charge in [0.05, 0.1) is 0 Å². The van der Waals surface area contributed by atoms with Gasteiger partial charge in [0.2, 0.25) is 5.91 Å². The lowest BCUT2D eigenvalue weighted by Crippen LogP contribution is -2.53. The molecule has 3 amide bonds. The van der Waals surface area contributed by atoms with Gasteiger partial charge in [-0.25, -0.2) is 4.79 Å². The standard InChI is InChI=1S/C29H41N3O4S/c1-7-8-11-18-32(27(34)24(19-37)31-28(35)36-29(4,5)6)25(22-16-14-20(2)15-17-22)26(33)30-23-13-10-9-12-21(23)3/h9-10,12-17,24-25,37H,7-8,11,18-19H2,1-6H3,(H,30,33)(H,31,35). The van der Waals surface area contributed by atoms with Crippen molar-refractivity contribution in [2.75, 3.05) is 17.6 Å². The van der Waals surface area contributed by atoms with Gasteiger partial charge in [-0.05, 0) is 58.2 Å². The highest BCUT2D eigenvalue weighted by Crippen LogP contribution is 2.26. The summed E-state index contributed by atoms with van der Waals surface area (Å²) in [6.07, 6.45) is 1.87. The third-order valence-corrected chi connectivity index (χ3v) is 6.18. The van der Waals surface area contributed by atoms with E-state index in [0.717, 1.165) is 24.0 Å². The number of carbonyl (C=O) groups excluding carboxylic acids is 3. The third kappa shape index (κ3) is 9.43. The van der Waals surface area contributed by atoms with Gasteiger partial charge in [-0.3, -0.25) is 9.59 Å². The van der Waals surface area contributed by atoms with Crippen LogP contribution in [0.2, 0.25) is 0 Å². The molecule has 2 atom stereocenters. The molecule has 0 bridgehead atoms. The summed E-state index contributed by atoms with van der Waals surface area (Å²) in [5.41, 5.74) is 2.63. The minimum absolute atomic E-state index is 0.0579. The molecule has 0 fully saturated rings. The van der Waals surface area contributed by atoms with Crippen LogP contribution in [0.4, 0.5) is 10.5 Å². The van der Waals surface area contributed by atoms with Crippen LogP contribution in [0.5, 0.6) is 0 Å². The Morgan fingerprint density at radius 3 is 2.22 bits per heavy atom. The van der Waals surface area contributed by atoms with Gasteiger partial charge in [-0.15, -0.1) is 0 Å². The molecular weight excluding hydrogens is 486 g/mol. The molecule has 2 rings (SSSR count). The van der Waals surface area contributed by atoms with Gasteiger partial charge < -0.3 is 20.3 Å². The molecule has 0 aliphatic carbocycles. The maximum atomic E-state index is 13.9. The van der Waals surface area contributed by atoms with Crippen LogP contribution in [0, 0.1) is 13.8 Å². The summed E-state index contributed by atoms with van der Waals surface area (Å²) in [7, 11) is 0. The number of rotatable bonds is 11. The van der Waals surface area contributed by atoms with Crippen molar-refractivity contribution < 1.29 is 19.1 Å². The number of ether oxygens (including phenoxy) is 1. The second-order valence-corrected chi connectivity index (χ2v) is 10.6. The lowest BCUT2D eigenvalue weighted by atomic mass is 10.0. The highest BCUT2D eigenvalue weighted by atomic mass is 32.1. The van der Waals surface area contributed by atoms with Crippen molar-refractivity contribution in [1.29, 1.82) is 0 Å². The first-order chi connectivity index (χ1) is 17.5. The number of thiol groups is 1. The number of aryl methyl sites for hydroxylation is 2. The van der Waals surface area contributed by atoms with Gasteiger partial charge in [0.15, 0.2) is 0 Å². The third-order valence-electron chi connectivity index (χ3n) is 5.81. The zero-order chi connectivity index (χ0) is 27.6. The van der Waals surface area contributed by atoms with E-state index in [4.69, 9.17) is 4.74 Å². The molecule has 0 saturated carbocycles. The fraction of sp³-hybridized carbons (Fsp3) is 0.483. The van der Waals surface area contributed by atoms with E-state index in [0.29, 0.717) is 24.2 Å². The van der Waals surface area contributed by atoms with Gasteiger partial charge in [-0.1, -0.05) is 67.8 Å². The summed E-state index contributed by atoms with van der Waals surface area (Å²) in [4.78, 5) is 41.8. The zero-order valence-corrected chi connectivity index (χ0v) is 23.7. The first-order valence-corrected chi connectivity index (χ1v) is 13.4. The number of hydrogen-bond acceptors (Lipinski definition) is 5. The average molecular weight is 528 g/mol. The molecule has 0 radical (unpaired) electrons. The Morgan fingerprint density at radius 2 is 1.65 bits per heavy atom. The van der Waals surface area contributed by atoms with Crippen LogP contribution >= 0.6 is 12.6 Å². The fourth-order valence-corrected chi connectivity index (χ4v) is 4.12. The molecule has 37 heavy (non-hydrogen) atoms. The van der Waals surface area contributed by atoms with Gasteiger partial charge >= 0.3 is 6.09 Å². The van der Waals surface area contributed by atoms with Crippen LogP contribution in [-0.2, 0) is 14.3 Å². The number of carbonyl (C=O) groups is 3. The summed E-state index contributed by atoms with van der Waals surface area (Å²) < 4.78 is 5.36. The maximum absolute atomic E-state index is 13.9. The van der Waals surface area contributed by atoms with E-state index in [1.54, 1.807) is 25.7 Å². The molecule has 2 N–H and O–H groups in total. The highest BCUT2D eigenvalue weighted by Gasteiger charge is 2.35. The van der Waals surface area contributed by atoms with E-state index in [-0.39, 0.29) is 17.6 Å². The number of alkyl carbamates (subject to hydrolysis) is 1. The van der Waals surface area contributed by atoms with Crippen molar-refractivity contribution in [3.8, 4) is 0 Å². The summed E-state index contributed by atoms with van der Waals surface area (Å²) >= 11 is 4.34. The number of anilines is 1. The summed E-state index contributed by atoms with van der Waals surface area (Å²) in [5, 5.41) is 5.66. The number of unbranched alkanes of at least 4 members (excludes halogenated alkanes) is 2. The molecule has 7 nitrogen and oxygen atoms in total. The molecule has 2 unspecified atom stereocenters. The Morgan fingerprint density at radius 1 is 1.00 bits per heavy atom. The van der Waals surface area contributed by atoms with Crippen LogP contribution < -0.4 is 10.6 Å². The van der Waals surface area contributed by atoms with Crippen molar-refractivity contribution in [3.05, 3.63) is 65.2 Å². The number of hydrogen-bond donors (Lipinski definition) is 3. The van der Waals surface area contributed by atoms with E-state index in [1.165, 1.54) is 0 Å². The number of para-hydroxylation sites is 1. The normalized spacial score (nSPS) is 12.8. The molecule has 2 aromatic carbocycles. The van der Waals surface area contributed by atoms with E-state index >= 15 is 0 Å². The minimum atomic E-state index is -0.959. The lowest BCUT2D eigenvalue weighted by molar-refractivity contribution is -0.140. The van der Waals surface area contributed by atoms with Crippen LogP contribution in [0.25, 0.3) is 0 Å². The van der Waals surface area contributed by atoms with Gasteiger partial charge in [0.1, 0.15) is 17.7 Å². The number of nitrogens with one attached hydrogen (secondary N) is 2. The largest absolute Gasteiger partial charge is 0.444 e. The van der Waals surface area contributed by atoms with Crippen molar-refractivity contribution in [3.63, 3.8) is 0 Å². The van der Waals surface area contributed by atoms with Crippen molar-refractivity contribution in [1.82, 2.24) is 10.2 Å². The monoisotopic (exact) mass is 527 g/mol. The lowest BCUT2D eigenvalue weighted by Gasteiger charge is -2.34. The second-order valence-electron chi connectivity index (χ2n) is 10.2. The second kappa shape index (κ2) is 14.1. The molecule has 0 aliphatic heterocycles. The van der Waals surface area contributed by atoms with E-state index in [9.17, 15) is 14.4 Å². The molecule has 0 aliphatic rings. The molecule has 8 heteroatoms. The smallest absolute Gasteiger partial charge is 0.408 e. The minimum Gasteiger partial charge on any atom is -0.444 e. The topological polar surface area (TPSA) is 87.7 Å². The maximum Gasteiger partial charge on any atom is 0.408 e. The Labute approximate surface area is 226 Å². The molecule has 202 valence electrons. The van der Waals surface area contributed by atoms with E-state index in [1.807, 2.05) is 62.4 Å².